The third-order valence-electron chi connectivity index (χ3n) is 3.96. The third kappa shape index (κ3) is 2.84. The molecule has 0 aliphatic carbocycles. The van der Waals surface area contributed by atoms with Gasteiger partial charge in [0, 0.05) is 40.4 Å². The SMILES string of the molecule is O=c1cc(-c2ccc([N+](=O)[O-])cc2)nc2cc(-c3cccc(Cl)c3)[nH]n12. The molecular weight excluding hydrogens is 356 g/mol. The number of nitrogens with one attached hydrogen (secondary N) is 1. The van der Waals surface area contributed by atoms with Crippen LogP contribution in [-0.4, -0.2) is 19.5 Å². The summed E-state index contributed by atoms with van der Waals surface area (Å²) in [6.45, 7) is 0. The molecule has 0 atom stereocenters. The number of halogens is 1. The van der Waals surface area contributed by atoms with E-state index >= 15 is 0 Å². The highest BCUT2D eigenvalue weighted by Crippen LogP contribution is 2.24. The predicted molar refractivity (Wildman–Crippen MR) is 98.3 cm³/mol. The quantitative estimate of drug-likeness (QED) is 0.439. The molecule has 4 aromatic rings. The molecular formula is C18H11ClN4O3. The molecule has 0 saturated carbocycles. The Bertz CT molecular complexity index is 1200. The van der Waals surface area contributed by atoms with Crippen LogP contribution in [-0.2, 0) is 0 Å². The maximum atomic E-state index is 12.4. The zero-order chi connectivity index (χ0) is 18.3. The normalized spacial score (nSPS) is 11.0. The lowest BCUT2D eigenvalue weighted by molar-refractivity contribution is -0.384. The lowest BCUT2D eigenvalue weighted by Gasteiger charge is -2.01. The Morgan fingerprint density at radius 2 is 1.81 bits per heavy atom. The van der Waals surface area contributed by atoms with Gasteiger partial charge in [0.15, 0.2) is 5.65 Å². The second-order valence-corrected chi connectivity index (χ2v) is 6.09. The molecule has 0 aliphatic rings. The molecule has 0 unspecified atom stereocenters. The number of nitro benzene ring substituents is 1. The summed E-state index contributed by atoms with van der Waals surface area (Å²) >= 11 is 6.02. The van der Waals surface area contributed by atoms with Gasteiger partial charge in [-0.2, -0.15) is 0 Å². The Labute approximate surface area is 151 Å². The van der Waals surface area contributed by atoms with E-state index in [1.807, 2.05) is 12.1 Å². The van der Waals surface area contributed by atoms with Gasteiger partial charge in [0.1, 0.15) is 0 Å². The number of hydrogen-bond acceptors (Lipinski definition) is 4. The number of hydrogen-bond donors (Lipinski definition) is 1. The second-order valence-electron chi connectivity index (χ2n) is 5.66. The molecule has 2 heterocycles. The van der Waals surface area contributed by atoms with Crippen LogP contribution < -0.4 is 5.56 Å². The van der Waals surface area contributed by atoms with Crippen molar-refractivity contribution in [2.75, 3.05) is 0 Å². The van der Waals surface area contributed by atoms with Gasteiger partial charge in [0.25, 0.3) is 11.2 Å². The summed E-state index contributed by atoms with van der Waals surface area (Å²) in [5, 5.41) is 14.4. The van der Waals surface area contributed by atoms with Crippen LogP contribution in [0.1, 0.15) is 0 Å². The summed E-state index contributed by atoms with van der Waals surface area (Å²) in [5.41, 5.74) is 2.76. The van der Waals surface area contributed by atoms with Crippen LogP contribution in [0.25, 0.3) is 28.2 Å². The summed E-state index contributed by atoms with van der Waals surface area (Å²) in [7, 11) is 0. The molecule has 26 heavy (non-hydrogen) atoms. The number of aromatic amines is 1. The number of benzene rings is 2. The van der Waals surface area contributed by atoms with E-state index in [-0.39, 0.29) is 11.2 Å². The minimum atomic E-state index is -0.474. The van der Waals surface area contributed by atoms with Gasteiger partial charge in [-0.25, -0.2) is 9.50 Å². The monoisotopic (exact) mass is 366 g/mol. The number of nitrogens with zero attached hydrogens (tertiary/aromatic N) is 3. The third-order valence-corrected chi connectivity index (χ3v) is 4.19. The molecule has 4 rings (SSSR count). The molecule has 7 nitrogen and oxygen atoms in total. The molecule has 0 fully saturated rings. The van der Waals surface area contributed by atoms with Gasteiger partial charge >= 0.3 is 0 Å². The Kier molecular flexibility index (Phi) is 3.78. The maximum Gasteiger partial charge on any atom is 0.273 e. The number of rotatable bonds is 3. The Morgan fingerprint density at radius 1 is 1.04 bits per heavy atom. The standard InChI is InChI=1S/C18H11ClN4O3/c19-13-3-1-2-12(8-13)16-9-17-20-15(10-18(24)22(17)21-16)11-4-6-14(7-5-11)23(25)26/h1-10,21H. The summed E-state index contributed by atoms with van der Waals surface area (Å²) < 4.78 is 1.34. The molecule has 0 amide bonds. The number of aromatic nitrogens is 3. The van der Waals surface area contributed by atoms with Gasteiger partial charge < -0.3 is 0 Å². The van der Waals surface area contributed by atoms with Crippen molar-refractivity contribution in [3.8, 4) is 22.5 Å². The zero-order valence-corrected chi connectivity index (χ0v) is 14.0. The van der Waals surface area contributed by atoms with Gasteiger partial charge in [-0.3, -0.25) is 20.0 Å². The van der Waals surface area contributed by atoms with Crippen molar-refractivity contribution in [3.05, 3.63) is 86.2 Å². The van der Waals surface area contributed by atoms with Crippen molar-refractivity contribution < 1.29 is 4.92 Å². The van der Waals surface area contributed by atoms with E-state index < -0.39 is 4.92 Å². The van der Waals surface area contributed by atoms with Crippen molar-refractivity contribution in [1.82, 2.24) is 14.6 Å². The van der Waals surface area contributed by atoms with E-state index in [0.717, 1.165) is 5.56 Å². The second kappa shape index (κ2) is 6.12. The Morgan fingerprint density at radius 3 is 2.50 bits per heavy atom. The van der Waals surface area contributed by atoms with Crippen LogP contribution in [0.15, 0.2) is 65.5 Å². The fourth-order valence-corrected chi connectivity index (χ4v) is 2.89. The van der Waals surface area contributed by atoms with Crippen molar-refractivity contribution in [2.45, 2.75) is 0 Å². The largest absolute Gasteiger partial charge is 0.289 e. The van der Waals surface area contributed by atoms with Crippen molar-refractivity contribution in [3.63, 3.8) is 0 Å². The Hall–Kier alpha value is -3.45. The van der Waals surface area contributed by atoms with Gasteiger partial charge in [-0.15, -0.1) is 0 Å². The van der Waals surface area contributed by atoms with Gasteiger partial charge in [0.05, 0.1) is 16.3 Å². The fourth-order valence-electron chi connectivity index (χ4n) is 2.70. The first-order valence-electron chi connectivity index (χ1n) is 7.65. The summed E-state index contributed by atoms with van der Waals surface area (Å²) in [5.74, 6) is 0. The molecule has 128 valence electrons. The summed E-state index contributed by atoms with van der Waals surface area (Å²) in [4.78, 5) is 27.2. The first-order chi connectivity index (χ1) is 12.5. The molecule has 0 saturated heterocycles. The lowest BCUT2D eigenvalue weighted by atomic mass is 10.1. The smallest absolute Gasteiger partial charge is 0.273 e. The van der Waals surface area contributed by atoms with E-state index in [2.05, 4.69) is 10.1 Å². The zero-order valence-electron chi connectivity index (χ0n) is 13.2. The molecule has 0 bridgehead atoms. The highest BCUT2D eigenvalue weighted by molar-refractivity contribution is 6.30. The highest BCUT2D eigenvalue weighted by Gasteiger charge is 2.11. The van der Waals surface area contributed by atoms with Crippen LogP contribution in [0.5, 0.6) is 0 Å². The van der Waals surface area contributed by atoms with E-state index in [9.17, 15) is 14.9 Å². The Balaban J connectivity index is 1.81. The molecule has 0 spiro atoms. The molecule has 0 aliphatic heterocycles. The van der Waals surface area contributed by atoms with Crippen molar-refractivity contribution >= 4 is 22.9 Å². The van der Waals surface area contributed by atoms with Gasteiger partial charge in [0.2, 0.25) is 0 Å². The maximum absolute atomic E-state index is 12.4. The van der Waals surface area contributed by atoms with Gasteiger partial charge in [-0.05, 0) is 24.3 Å². The first-order valence-corrected chi connectivity index (χ1v) is 8.03. The van der Waals surface area contributed by atoms with E-state index in [1.165, 1.54) is 22.7 Å². The minimum absolute atomic E-state index is 0.0172. The average molecular weight is 367 g/mol. The number of non-ortho nitro benzene ring substituents is 1. The van der Waals surface area contributed by atoms with E-state index in [1.54, 1.807) is 30.3 Å². The number of nitro groups is 1. The van der Waals surface area contributed by atoms with Gasteiger partial charge in [-0.1, -0.05) is 23.7 Å². The van der Waals surface area contributed by atoms with Crippen LogP contribution >= 0.6 is 11.6 Å². The minimum Gasteiger partial charge on any atom is -0.289 e. The molecule has 2 aromatic carbocycles. The van der Waals surface area contributed by atoms with E-state index in [4.69, 9.17) is 11.6 Å². The fraction of sp³-hybridized carbons (Fsp3) is 0. The van der Waals surface area contributed by atoms with Crippen molar-refractivity contribution in [2.24, 2.45) is 0 Å². The number of H-pyrrole nitrogens is 1. The molecule has 0 radical (unpaired) electrons. The lowest BCUT2D eigenvalue weighted by Crippen LogP contribution is -2.14. The van der Waals surface area contributed by atoms with Crippen LogP contribution in [0.3, 0.4) is 0 Å². The van der Waals surface area contributed by atoms with Crippen LogP contribution in [0, 0.1) is 10.1 Å². The van der Waals surface area contributed by atoms with E-state index in [0.29, 0.717) is 27.6 Å². The summed E-state index contributed by atoms with van der Waals surface area (Å²) in [6, 6.07) is 16.3. The number of fused-ring (bicyclic) bond motifs is 1. The topological polar surface area (TPSA) is 93.3 Å². The summed E-state index contributed by atoms with van der Waals surface area (Å²) in [6.07, 6.45) is 0. The highest BCUT2D eigenvalue weighted by atomic mass is 35.5. The average Bonchev–Trinajstić information content (AvgIpc) is 3.07. The molecule has 1 N–H and O–H groups in total. The van der Waals surface area contributed by atoms with Crippen LogP contribution in [0.2, 0.25) is 5.02 Å². The molecule has 2 aromatic heterocycles. The molecule has 8 heteroatoms. The van der Waals surface area contributed by atoms with Crippen molar-refractivity contribution in [1.29, 1.82) is 0 Å². The van der Waals surface area contributed by atoms with Crippen LogP contribution in [0.4, 0.5) is 5.69 Å². The predicted octanol–water partition coefficient (Wildman–Crippen LogP) is 3.92. The first kappa shape index (κ1) is 16.0.